The van der Waals surface area contributed by atoms with Gasteiger partial charge in [-0.3, -0.25) is 13.9 Å². The summed E-state index contributed by atoms with van der Waals surface area (Å²) in [6.45, 7) is 3.60. The smallest absolute Gasteiger partial charge is 0.244 e. The summed E-state index contributed by atoms with van der Waals surface area (Å²) < 4.78 is 33.4. The molecule has 9 heteroatoms. The first-order chi connectivity index (χ1) is 23.5. The number of amides is 2. The van der Waals surface area contributed by atoms with E-state index >= 15 is 0 Å². The molecular weight excluding hydrogens is 635 g/mol. The molecule has 4 fully saturated rings. The van der Waals surface area contributed by atoms with E-state index in [1.807, 2.05) is 80.6 Å². The number of hydrogen-bond donors (Lipinski definition) is 1. The summed E-state index contributed by atoms with van der Waals surface area (Å²) in [6, 6.07) is 23.9. The largest absolute Gasteiger partial charge is 0.497 e. The molecule has 49 heavy (non-hydrogen) atoms. The van der Waals surface area contributed by atoms with E-state index in [1.165, 1.54) is 53.3 Å². The summed E-state index contributed by atoms with van der Waals surface area (Å²) in [5.74, 6) is 2.29. The highest BCUT2D eigenvalue weighted by Gasteiger charge is 2.51. The van der Waals surface area contributed by atoms with Crippen LogP contribution in [0.1, 0.15) is 75.5 Å². The van der Waals surface area contributed by atoms with E-state index in [0.29, 0.717) is 11.4 Å². The number of hydrogen-bond acceptors (Lipinski definition) is 5. The normalized spacial score (nSPS) is 23.8. The van der Waals surface area contributed by atoms with Gasteiger partial charge < -0.3 is 15.0 Å². The molecule has 4 bridgehead atoms. The van der Waals surface area contributed by atoms with Gasteiger partial charge in [-0.1, -0.05) is 61.5 Å². The minimum Gasteiger partial charge on any atom is -0.497 e. The van der Waals surface area contributed by atoms with Gasteiger partial charge in [0.25, 0.3) is 0 Å². The molecule has 0 aromatic heterocycles. The van der Waals surface area contributed by atoms with Crippen LogP contribution in [0, 0.1) is 17.8 Å². The molecule has 3 aromatic rings. The summed E-state index contributed by atoms with van der Waals surface area (Å²) in [4.78, 5) is 30.0. The van der Waals surface area contributed by atoms with Crippen LogP contribution in [0.4, 0.5) is 5.69 Å². The van der Waals surface area contributed by atoms with Crippen molar-refractivity contribution >= 4 is 27.5 Å². The number of methoxy groups -OCH3 is 1. The van der Waals surface area contributed by atoms with Crippen molar-refractivity contribution in [3.05, 3.63) is 95.6 Å². The molecule has 7 rings (SSSR count). The van der Waals surface area contributed by atoms with Crippen molar-refractivity contribution in [3.8, 4) is 5.75 Å². The Bertz CT molecular complexity index is 1690. The van der Waals surface area contributed by atoms with Crippen molar-refractivity contribution < 1.29 is 22.7 Å². The lowest BCUT2D eigenvalue weighted by molar-refractivity contribution is -0.140. The van der Waals surface area contributed by atoms with Crippen molar-refractivity contribution in [1.29, 1.82) is 0 Å². The maximum atomic E-state index is 14.5. The molecule has 2 unspecified atom stereocenters. The Hall–Kier alpha value is -3.85. The fourth-order valence-electron chi connectivity index (χ4n) is 9.02. The molecule has 8 nitrogen and oxygen atoms in total. The van der Waals surface area contributed by atoms with Gasteiger partial charge in [0.1, 0.15) is 18.3 Å². The Morgan fingerprint density at radius 3 is 2.08 bits per heavy atom. The second-order valence-corrected chi connectivity index (χ2v) is 16.8. The highest BCUT2D eigenvalue weighted by Crippen LogP contribution is 2.60. The molecule has 262 valence electrons. The lowest BCUT2D eigenvalue weighted by Gasteiger charge is -2.57. The van der Waals surface area contributed by atoms with E-state index < -0.39 is 28.5 Å². The first-order valence-corrected chi connectivity index (χ1v) is 19.7. The average Bonchev–Trinajstić information content (AvgIpc) is 3.08. The Balaban J connectivity index is 1.31. The topological polar surface area (TPSA) is 96.0 Å². The van der Waals surface area contributed by atoms with Crippen LogP contribution in [0.3, 0.4) is 0 Å². The molecule has 2 atom stereocenters. The SMILES string of the molecule is CCC(C)NC(=O)C(Cc1ccccc1)N(Cc1cccc(OC)c1)C(=O)CN(c1ccc(C23CC4CC(CC(C4)C2)C3)cc1)S(C)(=O)=O. The molecular formula is C40H51N3O5S. The number of nitrogens with zero attached hydrogens (tertiary/aromatic N) is 2. The van der Waals surface area contributed by atoms with Crippen LogP contribution in [0.2, 0.25) is 0 Å². The number of sulfonamides is 1. The van der Waals surface area contributed by atoms with Crippen LogP contribution >= 0.6 is 0 Å². The summed E-state index contributed by atoms with van der Waals surface area (Å²) in [5, 5.41) is 3.08. The first-order valence-electron chi connectivity index (χ1n) is 17.8. The van der Waals surface area contributed by atoms with E-state index in [-0.39, 0.29) is 30.3 Å². The van der Waals surface area contributed by atoms with E-state index in [9.17, 15) is 18.0 Å². The third-order valence-corrected chi connectivity index (χ3v) is 12.4. The van der Waals surface area contributed by atoms with Crippen molar-refractivity contribution in [2.45, 2.75) is 89.3 Å². The molecule has 0 aliphatic heterocycles. The molecule has 4 aliphatic carbocycles. The standard InChI is InChI=1S/C40H51N3O5S/c1-5-28(2)41-39(45)37(22-29-10-7-6-8-11-29)42(26-30-12-9-13-36(21-30)48-3)38(44)27-43(49(4,46)47)35-16-14-34(15-17-35)40-23-31-18-32(24-40)20-33(19-31)25-40/h6-17,21,28,31-33,37H,5,18-20,22-27H2,1-4H3,(H,41,45). The van der Waals surface area contributed by atoms with Gasteiger partial charge in [-0.2, -0.15) is 0 Å². The number of benzene rings is 3. The average molecular weight is 686 g/mol. The number of nitrogens with one attached hydrogen (secondary N) is 1. The number of ether oxygens (including phenoxy) is 1. The molecule has 0 heterocycles. The van der Waals surface area contributed by atoms with Gasteiger partial charge in [0.2, 0.25) is 21.8 Å². The molecule has 4 aliphatic rings. The van der Waals surface area contributed by atoms with Crippen LogP contribution in [-0.2, 0) is 38.0 Å². The van der Waals surface area contributed by atoms with E-state index in [0.717, 1.165) is 41.6 Å². The third-order valence-electron chi connectivity index (χ3n) is 11.2. The number of rotatable bonds is 14. The van der Waals surface area contributed by atoms with Gasteiger partial charge in [0.05, 0.1) is 19.1 Å². The van der Waals surface area contributed by atoms with Crippen molar-refractivity contribution in [3.63, 3.8) is 0 Å². The van der Waals surface area contributed by atoms with Crippen LogP contribution in [0.25, 0.3) is 0 Å². The zero-order valence-corrected chi connectivity index (χ0v) is 30.1. The summed E-state index contributed by atoms with van der Waals surface area (Å²) in [6.07, 6.45) is 9.85. The van der Waals surface area contributed by atoms with Crippen molar-refractivity contribution in [2.75, 3.05) is 24.2 Å². The Morgan fingerprint density at radius 2 is 1.51 bits per heavy atom. The van der Waals surface area contributed by atoms with E-state index in [2.05, 4.69) is 17.4 Å². The second kappa shape index (κ2) is 14.6. The molecule has 3 aromatic carbocycles. The summed E-state index contributed by atoms with van der Waals surface area (Å²) in [7, 11) is -2.27. The Kier molecular flexibility index (Phi) is 10.4. The highest BCUT2D eigenvalue weighted by molar-refractivity contribution is 7.92. The predicted octanol–water partition coefficient (Wildman–Crippen LogP) is 6.48. The van der Waals surface area contributed by atoms with Gasteiger partial charge in [-0.15, -0.1) is 0 Å². The Morgan fingerprint density at radius 1 is 0.898 bits per heavy atom. The minimum absolute atomic E-state index is 0.0976. The van der Waals surface area contributed by atoms with E-state index in [1.54, 1.807) is 7.11 Å². The molecule has 2 amide bonds. The van der Waals surface area contributed by atoms with E-state index in [4.69, 9.17) is 4.74 Å². The lowest BCUT2D eigenvalue weighted by atomic mass is 9.48. The zero-order chi connectivity index (χ0) is 34.8. The predicted molar refractivity (Wildman–Crippen MR) is 194 cm³/mol. The quantitative estimate of drug-likeness (QED) is 0.210. The molecule has 0 saturated heterocycles. The number of carbonyl (C=O) groups excluding carboxylic acids is 2. The number of anilines is 1. The second-order valence-electron chi connectivity index (χ2n) is 14.9. The fraction of sp³-hybridized carbons (Fsp3) is 0.500. The van der Waals surface area contributed by atoms with Crippen LogP contribution in [0.15, 0.2) is 78.9 Å². The zero-order valence-electron chi connectivity index (χ0n) is 29.3. The monoisotopic (exact) mass is 685 g/mol. The van der Waals surface area contributed by atoms with Crippen LogP contribution in [-0.4, -0.2) is 57.1 Å². The third kappa shape index (κ3) is 7.98. The summed E-state index contributed by atoms with van der Waals surface area (Å²) >= 11 is 0. The molecule has 0 spiro atoms. The first kappa shape index (κ1) is 35.0. The van der Waals surface area contributed by atoms with Gasteiger partial charge >= 0.3 is 0 Å². The molecule has 1 N–H and O–H groups in total. The minimum atomic E-state index is -3.85. The Labute approximate surface area is 292 Å². The van der Waals surface area contributed by atoms with Gasteiger partial charge in [-0.25, -0.2) is 8.42 Å². The van der Waals surface area contributed by atoms with Gasteiger partial charge in [0, 0.05) is 19.0 Å². The summed E-state index contributed by atoms with van der Waals surface area (Å²) in [5.41, 5.74) is 3.59. The number of carbonyl (C=O) groups is 2. The maximum absolute atomic E-state index is 14.5. The van der Waals surface area contributed by atoms with Gasteiger partial charge in [-0.05, 0) is 116 Å². The molecule has 4 saturated carbocycles. The lowest BCUT2D eigenvalue weighted by Crippen LogP contribution is -2.54. The van der Waals surface area contributed by atoms with Crippen molar-refractivity contribution in [2.24, 2.45) is 17.8 Å². The van der Waals surface area contributed by atoms with Crippen LogP contribution < -0.4 is 14.4 Å². The fourth-order valence-corrected chi connectivity index (χ4v) is 9.87. The van der Waals surface area contributed by atoms with Crippen molar-refractivity contribution in [1.82, 2.24) is 10.2 Å². The van der Waals surface area contributed by atoms with Crippen LogP contribution in [0.5, 0.6) is 5.75 Å². The molecule has 0 radical (unpaired) electrons. The highest BCUT2D eigenvalue weighted by atomic mass is 32.2. The van der Waals surface area contributed by atoms with Gasteiger partial charge in [0.15, 0.2) is 0 Å². The maximum Gasteiger partial charge on any atom is 0.244 e.